The molecule has 0 saturated carbocycles. The fourth-order valence-corrected chi connectivity index (χ4v) is 2.35. The average molecular weight is 271 g/mol. The molecule has 2 unspecified atom stereocenters. The van der Waals surface area contributed by atoms with Gasteiger partial charge >= 0.3 is 0 Å². The highest BCUT2D eigenvalue weighted by Gasteiger charge is 2.24. The minimum Gasteiger partial charge on any atom is -0.383 e. The molecule has 0 amide bonds. The molecule has 106 valence electrons. The first-order valence-electron chi connectivity index (χ1n) is 6.86. The molecule has 2 rings (SSSR count). The third kappa shape index (κ3) is 2.50. The van der Waals surface area contributed by atoms with Gasteiger partial charge in [-0.1, -0.05) is 13.0 Å². The van der Waals surface area contributed by atoms with Crippen LogP contribution in [0.15, 0.2) is 22.7 Å². The molecule has 4 nitrogen and oxygen atoms in total. The third-order valence-electron chi connectivity index (χ3n) is 3.91. The van der Waals surface area contributed by atoms with Gasteiger partial charge in [0.05, 0.1) is 11.7 Å². The summed E-state index contributed by atoms with van der Waals surface area (Å²) in [5.41, 5.74) is 9.36. The van der Waals surface area contributed by atoms with Crippen LogP contribution in [0.2, 0.25) is 0 Å². The summed E-state index contributed by atoms with van der Waals surface area (Å²) >= 11 is 0. The number of aromatic nitrogens is 1. The van der Waals surface area contributed by atoms with Crippen molar-refractivity contribution in [3.8, 4) is 0 Å². The number of Topliss-reactive ketones (excluding diaryl/α,β-unsaturated/α-hetero) is 1. The molecule has 20 heavy (non-hydrogen) atoms. The summed E-state index contributed by atoms with van der Waals surface area (Å²) in [6, 6.07) is 2.04. The molecule has 0 fully saturated rings. The number of hydrogen-bond acceptors (Lipinski definition) is 4. The lowest BCUT2D eigenvalue weighted by atomic mass is 9.90. The van der Waals surface area contributed by atoms with Crippen molar-refractivity contribution >= 4 is 17.3 Å². The van der Waals surface area contributed by atoms with E-state index in [1.807, 2.05) is 32.9 Å². The first kappa shape index (κ1) is 14.4. The largest absolute Gasteiger partial charge is 0.383 e. The first-order valence-corrected chi connectivity index (χ1v) is 6.86. The van der Waals surface area contributed by atoms with Crippen LogP contribution >= 0.6 is 0 Å². The summed E-state index contributed by atoms with van der Waals surface area (Å²) in [5, 5.41) is 0. The SMILES string of the molecule is CC1=NC(C)C(C)C=C1C(=O)c1cc(C)c(N)nc1C. The van der Waals surface area contributed by atoms with E-state index in [-0.39, 0.29) is 17.7 Å². The summed E-state index contributed by atoms with van der Waals surface area (Å²) in [6.45, 7) is 9.70. The summed E-state index contributed by atoms with van der Waals surface area (Å²) in [6.07, 6.45) is 2.01. The summed E-state index contributed by atoms with van der Waals surface area (Å²) in [5.74, 6) is 0.725. The summed E-state index contributed by atoms with van der Waals surface area (Å²) in [4.78, 5) is 21.5. The van der Waals surface area contributed by atoms with Crippen LogP contribution in [0, 0.1) is 19.8 Å². The smallest absolute Gasteiger partial charge is 0.196 e. The van der Waals surface area contributed by atoms with Gasteiger partial charge in [-0.15, -0.1) is 0 Å². The summed E-state index contributed by atoms with van der Waals surface area (Å²) in [7, 11) is 0. The molecular weight excluding hydrogens is 250 g/mol. The number of carbonyl (C=O) groups excluding carboxylic acids is 1. The lowest BCUT2D eigenvalue weighted by Crippen LogP contribution is -2.23. The molecule has 1 aliphatic rings. The van der Waals surface area contributed by atoms with E-state index in [9.17, 15) is 4.79 Å². The number of dihydropyridines is 1. The second-order valence-corrected chi connectivity index (χ2v) is 5.55. The number of ketones is 1. The van der Waals surface area contributed by atoms with Gasteiger partial charge in [0.1, 0.15) is 5.82 Å². The van der Waals surface area contributed by atoms with Crippen LogP contribution in [0.4, 0.5) is 5.82 Å². The zero-order valence-corrected chi connectivity index (χ0v) is 12.7. The number of nitrogens with zero attached hydrogens (tertiary/aromatic N) is 2. The predicted octanol–water partition coefficient (Wildman–Crippen LogP) is 2.89. The lowest BCUT2D eigenvalue weighted by Gasteiger charge is -2.22. The number of anilines is 1. The van der Waals surface area contributed by atoms with Crippen molar-refractivity contribution in [3.63, 3.8) is 0 Å². The van der Waals surface area contributed by atoms with Gasteiger partial charge in [-0.05, 0) is 45.2 Å². The van der Waals surface area contributed by atoms with Crippen molar-refractivity contribution in [1.29, 1.82) is 0 Å². The molecule has 4 heteroatoms. The minimum absolute atomic E-state index is 0.0156. The molecule has 0 bridgehead atoms. The van der Waals surface area contributed by atoms with Crippen LogP contribution in [0.1, 0.15) is 42.4 Å². The van der Waals surface area contributed by atoms with Crippen molar-refractivity contribution in [2.45, 2.75) is 40.7 Å². The van der Waals surface area contributed by atoms with Crippen molar-refractivity contribution < 1.29 is 4.79 Å². The molecule has 1 aromatic heterocycles. The van der Waals surface area contributed by atoms with Crippen LogP contribution in [0.5, 0.6) is 0 Å². The number of rotatable bonds is 2. The van der Waals surface area contributed by atoms with Crippen molar-refractivity contribution in [1.82, 2.24) is 4.98 Å². The van der Waals surface area contributed by atoms with Crippen LogP contribution in [0.25, 0.3) is 0 Å². The van der Waals surface area contributed by atoms with Crippen molar-refractivity contribution in [2.24, 2.45) is 10.9 Å². The number of nitrogens with two attached hydrogens (primary N) is 1. The molecule has 2 heterocycles. The highest BCUT2D eigenvalue weighted by Crippen LogP contribution is 2.24. The Kier molecular flexibility index (Phi) is 3.75. The maximum Gasteiger partial charge on any atom is 0.196 e. The van der Waals surface area contributed by atoms with Crippen LogP contribution in [0.3, 0.4) is 0 Å². The topological polar surface area (TPSA) is 68.3 Å². The second-order valence-electron chi connectivity index (χ2n) is 5.55. The minimum atomic E-state index is -0.0156. The van der Waals surface area contributed by atoms with E-state index in [4.69, 9.17) is 5.73 Å². The second kappa shape index (κ2) is 5.19. The van der Waals surface area contributed by atoms with Crippen molar-refractivity contribution in [2.75, 3.05) is 5.73 Å². The zero-order chi connectivity index (χ0) is 15.0. The van der Waals surface area contributed by atoms with Gasteiger partial charge in [-0.3, -0.25) is 9.79 Å². The molecule has 0 saturated heterocycles. The Morgan fingerprint density at radius 3 is 2.55 bits per heavy atom. The van der Waals surface area contributed by atoms with Crippen LogP contribution < -0.4 is 5.73 Å². The molecule has 0 aliphatic carbocycles. The number of nitrogen functional groups attached to an aromatic ring is 1. The Hall–Kier alpha value is -1.97. The molecule has 1 aromatic rings. The van der Waals surface area contributed by atoms with E-state index in [0.29, 0.717) is 22.6 Å². The third-order valence-corrected chi connectivity index (χ3v) is 3.91. The van der Waals surface area contributed by atoms with E-state index < -0.39 is 0 Å². The Morgan fingerprint density at radius 1 is 1.25 bits per heavy atom. The predicted molar refractivity (Wildman–Crippen MR) is 82.3 cm³/mol. The molecule has 0 spiro atoms. The van der Waals surface area contributed by atoms with E-state index in [2.05, 4.69) is 23.8 Å². The van der Waals surface area contributed by atoms with Gasteiger partial charge < -0.3 is 5.73 Å². The fraction of sp³-hybridized carbons (Fsp3) is 0.438. The molecular formula is C16H21N3O. The first-order chi connectivity index (χ1) is 9.31. The maximum absolute atomic E-state index is 12.7. The Morgan fingerprint density at radius 2 is 1.90 bits per heavy atom. The molecule has 0 radical (unpaired) electrons. The van der Waals surface area contributed by atoms with E-state index in [1.165, 1.54) is 0 Å². The number of aliphatic imine (C=N–C) groups is 1. The lowest BCUT2D eigenvalue weighted by molar-refractivity contribution is 0.103. The van der Waals surface area contributed by atoms with Gasteiger partial charge in [0.2, 0.25) is 0 Å². The molecule has 2 atom stereocenters. The van der Waals surface area contributed by atoms with Gasteiger partial charge in [0.25, 0.3) is 0 Å². The Balaban J connectivity index is 2.45. The van der Waals surface area contributed by atoms with Gasteiger partial charge in [0, 0.05) is 16.8 Å². The normalized spacial score (nSPS) is 22.2. The highest BCUT2D eigenvalue weighted by atomic mass is 16.1. The van der Waals surface area contributed by atoms with E-state index >= 15 is 0 Å². The van der Waals surface area contributed by atoms with E-state index in [0.717, 1.165) is 11.3 Å². The van der Waals surface area contributed by atoms with Gasteiger partial charge in [-0.25, -0.2) is 4.98 Å². The monoisotopic (exact) mass is 271 g/mol. The van der Waals surface area contributed by atoms with E-state index in [1.54, 1.807) is 0 Å². The van der Waals surface area contributed by atoms with Gasteiger partial charge in [-0.2, -0.15) is 0 Å². The fourth-order valence-electron chi connectivity index (χ4n) is 2.35. The Labute approximate surface area is 119 Å². The van der Waals surface area contributed by atoms with Crippen LogP contribution in [-0.4, -0.2) is 22.5 Å². The molecule has 1 aliphatic heterocycles. The van der Waals surface area contributed by atoms with Gasteiger partial charge in [0.15, 0.2) is 5.78 Å². The number of pyridine rings is 1. The number of aryl methyl sites for hydroxylation is 2. The molecule has 0 aromatic carbocycles. The number of hydrogen-bond donors (Lipinski definition) is 1. The summed E-state index contributed by atoms with van der Waals surface area (Å²) < 4.78 is 0. The number of allylic oxidation sites excluding steroid dienone is 1. The highest BCUT2D eigenvalue weighted by molar-refractivity contribution is 6.28. The standard InChI is InChI=1S/C16H21N3O/c1-8-6-13(11(4)18-10(8)3)15(20)14-7-9(2)16(17)19-12(14)5/h6-8,10H,1-5H3,(H2,17,19). The maximum atomic E-state index is 12.7. The number of carbonyl (C=O) groups is 1. The quantitative estimate of drug-likeness (QED) is 0.841. The Bertz CT molecular complexity index is 629. The molecule has 2 N–H and O–H groups in total. The van der Waals surface area contributed by atoms with Crippen molar-refractivity contribution in [3.05, 3.63) is 34.5 Å². The zero-order valence-electron chi connectivity index (χ0n) is 12.7. The van der Waals surface area contributed by atoms with Crippen LogP contribution in [-0.2, 0) is 0 Å². The average Bonchev–Trinajstić information content (AvgIpc) is 2.37.